The number of Topliss-reactive ketones (excluding diaryl/α,β-unsaturated/α-hetero) is 2. The molecule has 0 aromatic heterocycles. The van der Waals surface area contributed by atoms with Crippen molar-refractivity contribution in [2.24, 2.45) is 23.5 Å². The average molecular weight is 626 g/mol. The van der Waals surface area contributed by atoms with Gasteiger partial charge in [-0.05, 0) is 72.0 Å². The molecular formula is C39H51N3O4. The van der Waals surface area contributed by atoms with Gasteiger partial charge in [-0.25, -0.2) is 0 Å². The number of aryl methyl sites for hydroxylation is 1. The summed E-state index contributed by atoms with van der Waals surface area (Å²) in [5.74, 6) is -1.78. The van der Waals surface area contributed by atoms with Crippen molar-refractivity contribution < 1.29 is 19.2 Å². The van der Waals surface area contributed by atoms with Crippen LogP contribution in [0.15, 0.2) is 66.7 Å². The Labute approximate surface area is 274 Å². The Morgan fingerprint density at radius 2 is 1.61 bits per heavy atom. The van der Waals surface area contributed by atoms with E-state index in [0.717, 1.165) is 47.6 Å². The van der Waals surface area contributed by atoms with E-state index in [1.165, 1.54) is 5.56 Å². The minimum absolute atomic E-state index is 0.0116. The molecule has 0 bridgehead atoms. The van der Waals surface area contributed by atoms with Crippen molar-refractivity contribution in [2.75, 3.05) is 6.54 Å². The Balaban J connectivity index is 1.49. The van der Waals surface area contributed by atoms with E-state index in [0.29, 0.717) is 32.2 Å². The van der Waals surface area contributed by atoms with Crippen LogP contribution in [0.25, 0.3) is 10.8 Å². The van der Waals surface area contributed by atoms with Crippen LogP contribution in [0.1, 0.15) is 94.9 Å². The number of hydrogen-bond acceptors (Lipinski definition) is 5. The molecule has 0 fully saturated rings. The predicted molar refractivity (Wildman–Crippen MR) is 184 cm³/mol. The summed E-state index contributed by atoms with van der Waals surface area (Å²) < 4.78 is 0. The first-order valence-electron chi connectivity index (χ1n) is 17.1. The molecule has 7 nitrogen and oxygen atoms in total. The number of benzene rings is 3. The lowest BCUT2D eigenvalue weighted by atomic mass is 9.86. The largest absolute Gasteiger partial charge is 0.349 e. The molecule has 4 N–H and O–H groups in total. The van der Waals surface area contributed by atoms with E-state index >= 15 is 0 Å². The summed E-state index contributed by atoms with van der Waals surface area (Å²) in [6, 6.07) is 21.5. The molecule has 246 valence electrons. The molecule has 0 heterocycles. The molecule has 1 aliphatic carbocycles. The van der Waals surface area contributed by atoms with Crippen LogP contribution >= 0.6 is 0 Å². The van der Waals surface area contributed by atoms with Crippen LogP contribution in [-0.2, 0) is 32.0 Å². The minimum atomic E-state index is -0.745. The second-order valence-electron chi connectivity index (χ2n) is 13.0. The van der Waals surface area contributed by atoms with Gasteiger partial charge in [-0.1, -0.05) is 100 Å². The maximum absolute atomic E-state index is 14.0. The molecule has 0 aliphatic heterocycles. The maximum atomic E-state index is 14.0. The number of nitrogens with two attached hydrogens (primary N) is 1. The molecule has 0 saturated carbocycles. The zero-order valence-corrected chi connectivity index (χ0v) is 27.7. The highest BCUT2D eigenvalue weighted by molar-refractivity contribution is 5.94. The predicted octanol–water partition coefficient (Wildman–Crippen LogP) is 6.41. The van der Waals surface area contributed by atoms with Gasteiger partial charge in [0.25, 0.3) is 0 Å². The smallest absolute Gasteiger partial charge is 0.224 e. The van der Waals surface area contributed by atoms with E-state index in [2.05, 4.69) is 28.8 Å². The van der Waals surface area contributed by atoms with Crippen LogP contribution in [0.4, 0.5) is 0 Å². The van der Waals surface area contributed by atoms with Crippen molar-refractivity contribution in [3.05, 3.63) is 83.4 Å². The molecule has 1 aliphatic rings. The van der Waals surface area contributed by atoms with Gasteiger partial charge in [0.2, 0.25) is 11.8 Å². The Kier molecular flexibility index (Phi) is 13.1. The molecular weight excluding hydrogens is 574 g/mol. The highest BCUT2D eigenvalue weighted by Gasteiger charge is 2.34. The minimum Gasteiger partial charge on any atom is -0.349 e. The molecule has 46 heavy (non-hydrogen) atoms. The topological polar surface area (TPSA) is 118 Å². The Morgan fingerprint density at radius 1 is 0.870 bits per heavy atom. The van der Waals surface area contributed by atoms with Crippen molar-refractivity contribution in [3.8, 4) is 0 Å². The van der Waals surface area contributed by atoms with Crippen molar-refractivity contribution >= 4 is 34.2 Å². The summed E-state index contributed by atoms with van der Waals surface area (Å²) in [5.41, 5.74) is 9.12. The molecule has 7 heteroatoms. The highest BCUT2D eigenvalue weighted by atomic mass is 16.2. The number of nitrogens with one attached hydrogen (secondary N) is 2. The van der Waals surface area contributed by atoms with Crippen molar-refractivity contribution in [3.63, 3.8) is 0 Å². The Hall–Kier alpha value is -3.84. The maximum Gasteiger partial charge on any atom is 0.224 e. The van der Waals surface area contributed by atoms with Gasteiger partial charge in [0, 0.05) is 31.1 Å². The number of carbonyl (C=O) groups is 4. The standard InChI is InChI=1S/C39H51N3O4/c1-4-26(3)37(42-39(46)32(24-33(43)5-2)23-27-17-18-28-12-6-7-14-30(28)22-27)36(44)25-31(15-10-11-21-40)38(45)41-35-20-19-29-13-8-9-16-34(29)35/h6-9,12-14,16-18,22,26,31-32,35,37H,4-5,10-11,15,19-21,23-25,40H2,1-3H3,(H,41,45)(H,42,46)/t26-,31+,32+,35+,37-/m0/s1. The highest BCUT2D eigenvalue weighted by Crippen LogP contribution is 2.31. The van der Waals surface area contributed by atoms with E-state index in [1.807, 2.05) is 62.4 Å². The Morgan fingerprint density at radius 3 is 2.35 bits per heavy atom. The van der Waals surface area contributed by atoms with Crippen molar-refractivity contribution in [1.29, 1.82) is 0 Å². The van der Waals surface area contributed by atoms with Crippen LogP contribution in [0.2, 0.25) is 0 Å². The summed E-state index contributed by atoms with van der Waals surface area (Å²) in [5, 5.41) is 8.48. The van der Waals surface area contributed by atoms with E-state index < -0.39 is 17.9 Å². The van der Waals surface area contributed by atoms with Crippen LogP contribution in [0, 0.1) is 17.8 Å². The molecule has 0 spiro atoms. The van der Waals surface area contributed by atoms with Crippen LogP contribution in [0.5, 0.6) is 0 Å². The first kappa shape index (κ1) is 35.0. The van der Waals surface area contributed by atoms with Crippen LogP contribution < -0.4 is 16.4 Å². The summed E-state index contributed by atoms with van der Waals surface area (Å²) in [6.07, 6.45) is 5.43. The quantitative estimate of drug-likeness (QED) is 0.141. The molecule has 5 atom stereocenters. The van der Waals surface area contributed by atoms with Gasteiger partial charge in [-0.2, -0.15) is 0 Å². The summed E-state index contributed by atoms with van der Waals surface area (Å²) in [7, 11) is 0. The van der Waals surface area contributed by atoms with Gasteiger partial charge in [0.15, 0.2) is 5.78 Å². The first-order chi connectivity index (χ1) is 22.2. The lowest BCUT2D eigenvalue weighted by molar-refractivity contribution is -0.135. The number of ketones is 2. The fraction of sp³-hybridized carbons (Fsp3) is 0.487. The fourth-order valence-corrected chi connectivity index (χ4v) is 6.60. The van der Waals surface area contributed by atoms with E-state index in [9.17, 15) is 19.2 Å². The summed E-state index contributed by atoms with van der Waals surface area (Å²) in [6.45, 7) is 6.28. The zero-order valence-electron chi connectivity index (χ0n) is 27.7. The van der Waals surface area contributed by atoms with Crippen molar-refractivity contribution in [1.82, 2.24) is 10.6 Å². The van der Waals surface area contributed by atoms with E-state index in [4.69, 9.17) is 5.73 Å². The molecule has 4 rings (SSSR count). The molecule has 3 aromatic carbocycles. The van der Waals surface area contributed by atoms with Gasteiger partial charge in [0.05, 0.1) is 12.1 Å². The molecule has 0 unspecified atom stereocenters. The molecule has 2 amide bonds. The normalized spacial score (nSPS) is 16.7. The summed E-state index contributed by atoms with van der Waals surface area (Å²) in [4.78, 5) is 54.1. The third kappa shape index (κ3) is 9.35. The molecule has 0 radical (unpaired) electrons. The average Bonchev–Trinajstić information content (AvgIpc) is 3.48. The number of unbranched alkanes of at least 4 members (excludes halogenated alkanes) is 1. The monoisotopic (exact) mass is 625 g/mol. The Bertz CT molecular complexity index is 1500. The molecule has 0 saturated heterocycles. The number of rotatable bonds is 18. The van der Waals surface area contributed by atoms with Gasteiger partial charge in [0.1, 0.15) is 5.78 Å². The first-order valence-corrected chi connectivity index (χ1v) is 17.1. The lowest BCUT2D eigenvalue weighted by Crippen LogP contribution is -2.49. The fourth-order valence-electron chi connectivity index (χ4n) is 6.60. The van der Waals surface area contributed by atoms with E-state index in [-0.39, 0.29) is 48.2 Å². The zero-order chi connectivity index (χ0) is 33.1. The second-order valence-corrected chi connectivity index (χ2v) is 13.0. The van der Waals surface area contributed by atoms with Gasteiger partial charge in [-0.15, -0.1) is 0 Å². The van der Waals surface area contributed by atoms with Gasteiger partial charge in [-0.3, -0.25) is 19.2 Å². The second kappa shape index (κ2) is 17.2. The van der Waals surface area contributed by atoms with Crippen molar-refractivity contribution in [2.45, 2.75) is 97.1 Å². The third-order valence-electron chi connectivity index (χ3n) is 9.67. The molecule has 3 aromatic rings. The number of carbonyl (C=O) groups excluding carboxylic acids is 4. The van der Waals surface area contributed by atoms with E-state index in [1.54, 1.807) is 6.92 Å². The number of hydrogen-bond donors (Lipinski definition) is 3. The van der Waals surface area contributed by atoms with Gasteiger partial charge >= 0.3 is 0 Å². The van der Waals surface area contributed by atoms with Crippen LogP contribution in [-0.4, -0.2) is 36.0 Å². The van der Waals surface area contributed by atoms with Crippen LogP contribution in [0.3, 0.4) is 0 Å². The van der Waals surface area contributed by atoms with Gasteiger partial charge < -0.3 is 16.4 Å². The SMILES string of the molecule is CCC(=O)C[C@@H](Cc1ccc2ccccc2c1)C(=O)N[C@H](C(=O)C[C@@H](CCCCN)C(=O)N[C@@H]1CCc2ccccc21)[C@@H](C)CC. The third-order valence-corrected chi connectivity index (χ3v) is 9.67. The number of fused-ring (bicyclic) bond motifs is 2. The number of amides is 2. The lowest BCUT2D eigenvalue weighted by Gasteiger charge is -2.28. The summed E-state index contributed by atoms with van der Waals surface area (Å²) >= 11 is 0.